The van der Waals surface area contributed by atoms with Crippen LogP contribution < -0.4 is 15.0 Å². The fourth-order valence-electron chi connectivity index (χ4n) is 3.26. The van der Waals surface area contributed by atoms with Crippen molar-refractivity contribution in [3.05, 3.63) is 64.1 Å². The molecule has 0 radical (unpaired) electrons. The number of thiocarbonyl (C=S) groups is 1. The van der Waals surface area contributed by atoms with Crippen molar-refractivity contribution >= 4 is 57.8 Å². The minimum absolute atomic E-state index is 0.0634. The van der Waals surface area contributed by atoms with E-state index in [1.807, 2.05) is 36.4 Å². The van der Waals surface area contributed by atoms with Crippen LogP contribution in [0.4, 0.5) is 5.69 Å². The molecular formula is C22H18N2O5S2. The average molecular weight is 455 g/mol. The van der Waals surface area contributed by atoms with Crippen LogP contribution in [0.5, 0.6) is 5.75 Å². The third-order valence-corrected chi connectivity index (χ3v) is 5.91. The Balaban J connectivity index is 1.65. The molecule has 0 atom stereocenters. The molecule has 0 aromatic heterocycles. The second kappa shape index (κ2) is 8.91. The van der Waals surface area contributed by atoms with Crippen LogP contribution in [0.15, 0.2) is 47.4 Å². The molecule has 2 aromatic carbocycles. The number of rotatable bonds is 5. The maximum absolute atomic E-state index is 12.7. The molecule has 2 amide bonds. The van der Waals surface area contributed by atoms with E-state index in [0.29, 0.717) is 27.2 Å². The van der Waals surface area contributed by atoms with Gasteiger partial charge in [0.2, 0.25) is 0 Å². The van der Waals surface area contributed by atoms with Crippen LogP contribution >= 0.6 is 24.0 Å². The normalized spacial score (nSPS) is 16.7. The highest BCUT2D eigenvalue weighted by molar-refractivity contribution is 8.26. The Morgan fingerprint density at radius 1 is 1.26 bits per heavy atom. The van der Waals surface area contributed by atoms with Gasteiger partial charge in [0.25, 0.3) is 11.8 Å². The number of carbonyl (C=O) groups is 3. The third kappa shape index (κ3) is 4.78. The molecule has 9 heteroatoms. The molecule has 2 aliphatic heterocycles. The van der Waals surface area contributed by atoms with E-state index in [-0.39, 0.29) is 31.0 Å². The van der Waals surface area contributed by atoms with Gasteiger partial charge in [-0.05, 0) is 34.9 Å². The standard InChI is InChI=1S/C22H18N2O5S2/c1-13(25)28-11-16-5-3-2-4-15(16)10-24-17-8-14(6-7-18(17)29-12-20(24)26)9-19-21(27)23-22(30)31-19/h2-9H,10-12H2,1H3,(H,23,27,30)/b19-9+. The first kappa shape index (κ1) is 21.1. The molecule has 0 saturated carbocycles. The van der Waals surface area contributed by atoms with Gasteiger partial charge in [0.05, 0.1) is 17.1 Å². The second-order valence-corrected chi connectivity index (χ2v) is 8.62. The number of benzene rings is 2. The van der Waals surface area contributed by atoms with Gasteiger partial charge in [-0.1, -0.05) is 54.3 Å². The summed E-state index contributed by atoms with van der Waals surface area (Å²) >= 11 is 6.23. The number of amides is 2. The molecule has 31 heavy (non-hydrogen) atoms. The summed E-state index contributed by atoms with van der Waals surface area (Å²) in [6.07, 6.45) is 1.73. The van der Waals surface area contributed by atoms with Crippen molar-refractivity contribution in [3.8, 4) is 5.75 Å². The Hall–Kier alpha value is -3.17. The second-order valence-electron chi connectivity index (χ2n) is 6.90. The van der Waals surface area contributed by atoms with Crippen LogP contribution in [0.1, 0.15) is 23.6 Å². The van der Waals surface area contributed by atoms with Crippen LogP contribution in [0, 0.1) is 0 Å². The van der Waals surface area contributed by atoms with Gasteiger partial charge in [-0.15, -0.1) is 0 Å². The number of anilines is 1. The summed E-state index contributed by atoms with van der Waals surface area (Å²) < 4.78 is 11.1. The number of esters is 1. The molecule has 0 bridgehead atoms. The molecule has 0 aliphatic carbocycles. The molecule has 2 aliphatic rings. The molecule has 1 N–H and O–H groups in total. The van der Waals surface area contributed by atoms with Gasteiger partial charge in [-0.25, -0.2) is 0 Å². The van der Waals surface area contributed by atoms with Crippen LogP contribution in [-0.2, 0) is 32.3 Å². The number of fused-ring (bicyclic) bond motifs is 1. The zero-order valence-electron chi connectivity index (χ0n) is 16.5. The van der Waals surface area contributed by atoms with E-state index in [2.05, 4.69) is 5.32 Å². The number of nitrogens with zero attached hydrogens (tertiary/aromatic N) is 1. The Bertz CT molecular complexity index is 1130. The van der Waals surface area contributed by atoms with E-state index in [9.17, 15) is 14.4 Å². The van der Waals surface area contributed by atoms with Gasteiger partial charge in [0.1, 0.15) is 16.7 Å². The van der Waals surface area contributed by atoms with Gasteiger partial charge in [0.15, 0.2) is 6.61 Å². The summed E-state index contributed by atoms with van der Waals surface area (Å²) in [4.78, 5) is 38.0. The van der Waals surface area contributed by atoms with Gasteiger partial charge in [-0.2, -0.15) is 0 Å². The van der Waals surface area contributed by atoms with Gasteiger partial charge in [0, 0.05) is 6.92 Å². The van der Waals surface area contributed by atoms with E-state index in [1.165, 1.54) is 18.7 Å². The van der Waals surface area contributed by atoms with E-state index >= 15 is 0 Å². The highest BCUT2D eigenvalue weighted by Gasteiger charge is 2.27. The van der Waals surface area contributed by atoms with Crippen molar-refractivity contribution in [2.75, 3.05) is 11.5 Å². The molecule has 2 aromatic rings. The molecule has 0 unspecified atom stereocenters. The summed E-state index contributed by atoms with van der Waals surface area (Å²) in [7, 11) is 0. The molecule has 7 nitrogen and oxygen atoms in total. The summed E-state index contributed by atoms with van der Waals surface area (Å²) in [6, 6.07) is 12.9. The van der Waals surface area contributed by atoms with Crippen molar-refractivity contribution in [3.63, 3.8) is 0 Å². The van der Waals surface area contributed by atoms with Gasteiger partial charge < -0.3 is 19.7 Å². The van der Waals surface area contributed by atoms with Crippen molar-refractivity contribution in [2.24, 2.45) is 0 Å². The highest BCUT2D eigenvalue weighted by atomic mass is 32.2. The first-order valence-corrected chi connectivity index (χ1v) is 10.7. The van der Waals surface area contributed by atoms with Crippen molar-refractivity contribution in [1.29, 1.82) is 0 Å². The SMILES string of the molecule is CC(=O)OCc1ccccc1CN1C(=O)COc2ccc(/C=C3/SC(=S)NC3=O)cc21. The predicted molar refractivity (Wildman–Crippen MR) is 121 cm³/mol. The van der Waals surface area contributed by atoms with Crippen LogP contribution in [0.3, 0.4) is 0 Å². The van der Waals surface area contributed by atoms with Crippen LogP contribution in [0.2, 0.25) is 0 Å². The molecule has 1 saturated heterocycles. The van der Waals surface area contributed by atoms with Gasteiger partial charge in [-0.3, -0.25) is 14.4 Å². The maximum atomic E-state index is 12.7. The lowest BCUT2D eigenvalue weighted by atomic mass is 10.1. The quantitative estimate of drug-likeness (QED) is 0.422. The number of nitrogens with one attached hydrogen (secondary N) is 1. The lowest BCUT2D eigenvalue weighted by molar-refractivity contribution is -0.142. The van der Waals surface area contributed by atoms with E-state index in [1.54, 1.807) is 17.0 Å². The Labute approximate surface area is 188 Å². The molecule has 158 valence electrons. The Morgan fingerprint density at radius 2 is 2.03 bits per heavy atom. The number of thioether (sulfide) groups is 1. The first-order valence-electron chi connectivity index (χ1n) is 9.43. The monoisotopic (exact) mass is 454 g/mol. The Morgan fingerprint density at radius 3 is 2.74 bits per heavy atom. The fraction of sp³-hybridized carbons (Fsp3) is 0.182. The largest absolute Gasteiger partial charge is 0.482 e. The van der Waals surface area contributed by atoms with E-state index in [4.69, 9.17) is 21.7 Å². The number of carbonyl (C=O) groups excluding carboxylic acids is 3. The minimum atomic E-state index is -0.367. The van der Waals surface area contributed by atoms with Crippen LogP contribution in [0.25, 0.3) is 6.08 Å². The minimum Gasteiger partial charge on any atom is -0.482 e. The lowest BCUT2D eigenvalue weighted by Crippen LogP contribution is -2.38. The molecule has 2 heterocycles. The summed E-state index contributed by atoms with van der Waals surface area (Å²) in [6.45, 7) is 1.73. The van der Waals surface area contributed by atoms with Crippen LogP contribution in [-0.4, -0.2) is 28.7 Å². The van der Waals surface area contributed by atoms with Crippen molar-refractivity contribution in [1.82, 2.24) is 5.32 Å². The van der Waals surface area contributed by atoms with E-state index < -0.39 is 0 Å². The summed E-state index contributed by atoms with van der Waals surface area (Å²) in [5, 5.41) is 2.59. The third-order valence-electron chi connectivity index (χ3n) is 4.74. The molecule has 0 spiro atoms. The molecule has 4 rings (SSSR count). The van der Waals surface area contributed by atoms with E-state index in [0.717, 1.165) is 16.7 Å². The summed E-state index contributed by atoms with van der Waals surface area (Å²) in [5.41, 5.74) is 3.05. The number of hydrogen-bond acceptors (Lipinski definition) is 7. The molecular weight excluding hydrogens is 436 g/mol. The number of ether oxygens (including phenoxy) is 2. The Kier molecular flexibility index (Phi) is 6.06. The summed E-state index contributed by atoms with van der Waals surface area (Å²) in [5.74, 6) is -0.211. The van der Waals surface area contributed by atoms with Crippen molar-refractivity contribution < 1.29 is 23.9 Å². The lowest BCUT2D eigenvalue weighted by Gasteiger charge is -2.30. The highest BCUT2D eigenvalue weighted by Crippen LogP contribution is 2.36. The molecule has 1 fully saturated rings. The zero-order chi connectivity index (χ0) is 22.0. The maximum Gasteiger partial charge on any atom is 0.302 e. The fourth-order valence-corrected chi connectivity index (χ4v) is 4.30. The van der Waals surface area contributed by atoms with Crippen molar-refractivity contribution in [2.45, 2.75) is 20.1 Å². The smallest absolute Gasteiger partial charge is 0.302 e. The zero-order valence-corrected chi connectivity index (χ0v) is 18.2. The first-order chi connectivity index (χ1) is 14.9. The number of hydrogen-bond donors (Lipinski definition) is 1. The predicted octanol–water partition coefficient (Wildman–Crippen LogP) is 3.16. The average Bonchev–Trinajstić information content (AvgIpc) is 3.06. The topological polar surface area (TPSA) is 84.9 Å². The van der Waals surface area contributed by atoms with Gasteiger partial charge >= 0.3 is 5.97 Å².